The topological polar surface area (TPSA) is 37.8 Å². The zero-order valence-corrected chi connectivity index (χ0v) is 8.76. The van der Waals surface area contributed by atoms with E-state index in [2.05, 4.69) is 36.1 Å². The first-order valence-electron chi connectivity index (χ1n) is 4.61. The normalized spacial score (nSPS) is 11.4. The van der Waals surface area contributed by atoms with Gasteiger partial charge in [-0.05, 0) is 27.2 Å². The lowest BCUT2D eigenvalue weighted by Crippen LogP contribution is -2.30. The van der Waals surface area contributed by atoms with Crippen LogP contribution in [0.4, 0.5) is 5.82 Å². The number of anilines is 1. The SMILES string of the molecule is CCC(C)(C)Nc1nccnc1C. The summed E-state index contributed by atoms with van der Waals surface area (Å²) in [4.78, 5) is 8.41. The number of nitrogens with one attached hydrogen (secondary N) is 1. The fourth-order valence-electron chi connectivity index (χ4n) is 0.939. The number of hydrogen-bond donors (Lipinski definition) is 1. The van der Waals surface area contributed by atoms with Gasteiger partial charge in [-0.15, -0.1) is 0 Å². The molecule has 0 aliphatic heterocycles. The molecule has 0 saturated heterocycles. The number of rotatable bonds is 3. The van der Waals surface area contributed by atoms with Crippen molar-refractivity contribution in [1.82, 2.24) is 9.97 Å². The zero-order valence-electron chi connectivity index (χ0n) is 8.76. The molecule has 1 aromatic heterocycles. The van der Waals surface area contributed by atoms with Gasteiger partial charge in [0, 0.05) is 17.9 Å². The summed E-state index contributed by atoms with van der Waals surface area (Å²) in [6.45, 7) is 8.42. The Morgan fingerprint density at radius 1 is 1.31 bits per heavy atom. The van der Waals surface area contributed by atoms with E-state index in [0.717, 1.165) is 17.9 Å². The monoisotopic (exact) mass is 179 g/mol. The molecule has 0 aromatic carbocycles. The van der Waals surface area contributed by atoms with Crippen LogP contribution in [0.2, 0.25) is 0 Å². The van der Waals surface area contributed by atoms with Crippen LogP contribution in [0, 0.1) is 6.92 Å². The molecule has 13 heavy (non-hydrogen) atoms. The molecule has 0 aliphatic rings. The highest BCUT2D eigenvalue weighted by molar-refractivity contribution is 5.40. The fourth-order valence-corrected chi connectivity index (χ4v) is 0.939. The van der Waals surface area contributed by atoms with Crippen molar-refractivity contribution in [2.24, 2.45) is 0 Å². The Bertz CT molecular complexity index is 281. The van der Waals surface area contributed by atoms with Crippen molar-refractivity contribution >= 4 is 5.82 Å². The predicted octanol–water partition coefficient (Wildman–Crippen LogP) is 2.39. The molecule has 1 heterocycles. The molecule has 0 bridgehead atoms. The first kappa shape index (κ1) is 9.96. The van der Waals surface area contributed by atoms with Crippen LogP contribution in [0.3, 0.4) is 0 Å². The Morgan fingerprint density at radius 2 is 1.92 bits per heavy atom. The highest BCUT2D eigenvalue weighted by atomic mass is 15.1. The molecular formula is C10H17N3. The molecule has 0 aliphatic carbocycles. The van der Waals surface area contributed by atoms with Gasteiger partial charge >= 0.3 is 0 Å². The van der Waals surface area contributed by atoms with Crippen LogP contribution < -0.4 is 5.32 Å². The molecule has 1 aromatic rings. The quantitative estimate of drug-likeness (QED) is 0.774. The molecule has 1 rings (SSSR count). The third-order valence-corrected chi connectivity index (χ3v) is 2.22. The van der Waals surface area contributed by atoms with Gasteiger partial charge in [-0.25, -0.2) is 4.98 Å². The summed E-state index contributed by atoms with van der Waals surface area (Å²) >= 11 is 0. The van der Waals surface area contributed by atoms with E-state index in [0.29, 0.717) is 0 Å². The Labute approximate surface area is 79.6 Å². The summed E-state index contributed by atoms with van der Waals surface area (Å²) < 4.78 is 0. The van der Waals surface area contributed by atoms with Crippen LogP contribution in [0.15, 0.2) is 12.4 Å². The number of aryl methyl sites for hydroxylation is 1. The standard InChI is InChI=1S/C10H17N3/c1-5-10(3,4)13-9-8(2)11-6-7-12-9/h6-7H,5H2,1-4H3,(H,12,13). The molecule has 3 nitrogen and oxygen atoms in total. The largest absolute Gasteiger partial charge is 0.364 e. The van der Waals surface area contributed by atoms with E-state index in [1.54, 1.807) is 12.4 Å². The minimum Gasteiger partial charge on any atom is -0.364 e. The summed E-state index contributed by atoms with van der Waals surface area (Å²) in [6, 6.07) is 0. The van der Waals surface area contributed by atoms with E-state index in [-0.39, 0.29) is 5.54 Å². The van der Waals surface area contributed by atoms with Gasteiger partial charge in [-0.3, -0.25) is 4.98 Å². The minimum absolute atomic E-state index is 0.0841. The van der Waals surface area contributed by atoms with Crippen molar-refractivity contribution in [3.8, 4) is 0 Å². The van der Waals surface area contributed by atoms with Gasteiger partial charge in [-0.2, -0.15) is 0 Å². The molecule has 72 valence electrons. The second kappa shape index (κ2) is 3.73. The highest BCUT2D eigenvalue weighted by Gasteiger charge is 2.15. The van der Waals surface area contributed by atoms with Crippen LogP contribution in [-0.2, 0) is 0 Å². The molecule has 0 amide bonds. The third-order valence-electron chi connectivity index (χ3n) is 2.22. The second-order valence-electron chi connectivity index (χ2n) is 3.85. The number of nitrogens with zero attached hydrogens (tertiary/aromatic N) is 2. The van der Waals surface area contributed by atoms with Crippen LogP contribution in [0.5, 0.6) is 0 Å². The molecule has 0 radical (unpaired) electrons. The maximum absolute atomic E-state index is 4.24. The molecule has 3 heteroatoms. The highest BCUT2D eigenvalue weighted by Crippen LogP contribution is 2.16. The summed E-state index contributed by atoms with van der Waals surface area (Å²) in [5.74, 6) is 0.884. The van der Waals surface area contributed by atoms with Crippen molar-refractivity contribution in [2.75, 3.05) is 5.32 Å². The van der Waals surface area contributed by atoms with E-state index < -0.39 is 0 Å². The Morgan fingerprint density at radius 3 is 2.46 bits per heavy atom. The van der Waals surface area contributed by atoms with Crippen LogP contribution in [-0.4, -0.2) is 15.5 Å². The Balaban J connectivity index is 2.80. The number of hydrogen-bond acceptors (Lipinski definition) is 3. The molecule has 1 N–H and O–H groups in total. The lowest BCUT2D eigenvalue weighted by Gasteiger charge is -2.25. The maximum atomic E-state index is 4.24. The molecular weight excluding hydrogens is 162 g/mol. The van der Waals surface area contributed by atoms with Crippen molar-refractivity contribution in [3.63, 3.8) is 0 Å². The van der Waals surface area contributed by atoms with Gasteiger partial charge in [-0.1, -0.05) is 6.92 Å². The van der Waals surface area contributed by atoms with Crippen molar-refractivity contribution in [1.29, 1.82) is 0 Å². The first-order valence-corrected chi connectivity index (χ1v) is 4.61. The minimum atomic E-state index is 0.0841. The van der Waals surface area contributed by atoms with Crippen molar-refractivity contribution in [3.05, 3.63) is 18.1 Å². The average Bonchev–Trinajstić information content (AvgIpc) is 2.09. The van der Waals surface area contributed by atoms with Crippen molar-refractivity contribution in [2.45, 2.75) is 39.7 Å². The zero-order chi connectivity index (χ0) is 9.90. The molecule has 0 fully saturated rings. The summed E-state index contributed by atoms with van der Waals surface area (Å²) in [6.07, 6.45) is 4.48. The first-order chi connectivity index (χ1) is 6.05. The lowest BCUT2D eigenvalue weighted by molar-refractivity contribution is 0.544. The van der Waals surface area contributed by atoms with Crippen molar-refractivity contribution < 1.29 is 0 Å². The Hall–Kier alpha value is -1.12. The average molecular weight is 179 g/mol. The van der Waals surface area contributed by atoms with Gasteiger partial charge in [0.05, 0.1) is 5.69 Å². The summed E-state index contributed by atoms with van der Waals surface area (Å²) in [5.41, 5.74) is 1.03. The maximum Gasteiger partial charge on any atom is 0.147 e. The van der Waals surface area contributed by atoms with Crippen LogP contribution in [0.1, 0.15) is 32.9 Å². The van der Waals surface area contributed by atoms with Gasteiger partial charge < -0.3 is 5.32 Å². The van der Waals surface area contributed by atoms with Gasteiger partial charge in [0.2, 0.25) is 0 Å². The molecule has 0 spiro atoms. The van der Waals surface area contributed by atoms with Gasteiger partial charge in [0.25, 0.3) is 0 Å². The number of aromatic nitrogens is 2. The van der Waals surface area contributed by atoms with E-state index in [9.17, 15) is 0 Å². The molecule has 0 atom stereocenters. The third kappa shape index (κ3) is 2.68. The van der Waals surface area contributed by atoms with Crippen LogP contribution in [0.25, 0.3) is 0 Å². The molecule has 0 saturated carbocycles. The summed E-state index contributed by atoms with van der Waals surface area (Å²) in [7, 11) is 0. The van der Waals surface area contributed by atoms with E-state index in [1.165, 1.54) is 0 Å². The van der Waals surface area contributed by atoms with E-state index in [4.69, 9.17) is 0 Å². The predicted molar refractivity (Wildman–Crippen MR) is 54.8 cm³/mol. The lowest BCUT2D eigenvalue weighted by atomic mass is 10.0. The second-order valence-corrected chi connectivity index (χ2v) is 3.85. The van der Waals surface area contributed by atoms with E-state index in [1.807, 2.05) is 6.92 Å². The van der Waals surface area contributed by atoms with Gasteiger partial charge in [0.1, 0.15) is 5.82 Å². The smallest absolute Gasteiger partial charge is 0.147 e. The summed E-state index contributed by atoms with van der Waals surface area (Å²) in [5, 5.41) is 3.36. The fraction of sp³-hybridized carbons (Fsp3) is 0.600. The van der Waals surface area contributed by atoms with Gasteiger partial charge in [0.15, 0.2) is 0 Å². The van der Waals surface area contributed by atoms with E-state index >= 15 is 0 Å². The molecule has 0 unspecified atom stereocenters. The Kier molecular flexibility index (Phi) is 2.86. The van der Waals surface area contributed by atoms with Crippen LogP contribution >= 0.6 is 0 Å².